The lowest BCUT2D eigenvalue weighted by Crippen LogP contribution is -2.24. The zero-order chi connectivity index (χ0) is 15.7. The van der Waals surface area contributed by atoms with Gasteiger partial charge in [0.25, 0.3) is 0 Å². The average Bonchev–Trinajstić information content (AvgIpc) is 2.93. The molecule has 0 fully saturated rings. The molecule has 4 nitrogen and oxygen atoms in total. The second-order valence-electron chi connectivity index (χ2n) is 5.20. The number of para-hydroxylation sites is 1. The number of aromatic hydroxyl groups is 1. The fourth-order valence-electron chi connectivity index (χ4n) is 2.65. The highest BCUT2D eigenvalue weighted by molar-refractivity contribution is 6.30. The number of hydrazone groups is 1. The van der Waals surface area contributed by atoms with Crippen LogP contribution in [0.4, 0.5) is 0 Å². The van der Waals surface area contributed by atoms with E-state index in [1.807, 2.05) is 24.3 Å². The lowest BCUT2D eigenvalue weighted by molar-refractivity contribution is -0.130. The first kappa shape index (κ1) is 14.6. The Bertz CT molecular complexity index is 758. The van der Waals surface area contributed by atoms with E-state index in [4.69, 9.17) is 11.6 Å². The molecule has 1 N–H and O–H groups in total. The van der Waals surface area contributed by atoms with Crippen LogP contribution in [0.3, 0.4) is 0 Å². The fraction of sp³-hybridized carbons (Fsp3) is 0.176. The molecular formula is C17H15ClN2O2. The van der Waals surface area contributed by atoms with Crippen molar-refractivity contribution < 1.29 is 9.90 Å². The molecule has 0 bridgehead atoms. The topological polar surface area (TPSA) is 52.9 Å². The van der Waals surface area contributed by atoms with E-state index < -0.39 is 0 Å². The molecule has 3 rings (SSSR count). The number of benzene rings is 2. The maximum atomic E-state index is 11.9. The van der Waals surface area contributed by atoms with Crippen molar-refractivity contribution >= 4 is 23.2 Å². The summed E-state index contributed by atoms with van der Waals surface area (Å²) in [7, 11) is 0. The van der Waals surface area contributed by atoms with E-state index in [1.165, 1.54) is 11.9 Å². The van der Waals surface area contributed by atoms with Gasteiger partial charge in [0.2, 0.25) is 5.91 Å². The average molecular weight is 315 g/mol. The van der Waals surface area contributed by atoms with E-state index >= 15 is 0 Å². The number of hydrogen-bond acceptors (Lipinski definition) is 3. The van der Waals surface area contributed by atoms with Crippen LogP contribution in [-0.2, 0) is 4.79 Å². The normalized spacial score (nSPS) is 17.5. The fourth-order valence-corrected chi connectivity index (χ4v) is 2.85. The van der Waals surface area contributed by atoms with Crippen LogP contribution in [0.1, 0.15) is 30.5 Å². The first-order valence-corrected chi connectivity index (χ1v) is 7.35. The molecule has 0 radical (unpaired) electrons. The van der Waals surface area contributed by atoms with Crippen LogP contribution < -0.4 is 0 Å². The first-order chi connectivity index (χ1) is 10.6. The van der Waals surface area contributed by atoms with E-state index in [9.17, 15) is 9.90 Å². The maximum absolute atomic E-state index is 11.9. The van der Waals surface area contributed by atoms with Gasteiger partial charge in [0.1, 0.15) is 5.75 Å². The number of carbonyl (C=O) groups excluding carboxylic acids is 1. The van der Waals surface area contributed by atoms with Crippen LogP contribution in [0, 0.1) is 0 Å². The van der Waals surface area contributed by atoms with Crippen LogP contribution in [0.5, 0.6) is 5.75 Å². The predicted molar refractivity (Wildman–Crippen MR) is 86.0 cm³/mol. The molecule has 1 amide bonds. The van der Waals surface area contributed by atoms with Gasteiger partial charge in [0, 0.05) is 23.9 Å². The van der Waals surface area contributed by atoms with Gasteiger partial charge in [-0.25, -0.2) is 5.01 Å². The highest BCUT2D eigenvalue weighted by Gasteiger charge is 2.32. The number of phenolic OH excluding ortho intramolecular Hbond substituents is 1. The van der Waals surface area contributed by atoms with E-state index in [2.05, 4.69) is 5.10 Å². The Morgan fingerprint density at radius 3 is 2.73 bits per heavy atom. The van der Waals surface area contributed by atoms with Gasteiger partial charge in [-0.2, -0.15) is 5.10 Å². The van der Waals surface area contributed by atoms with Crippen molar-refractivity contribution in [2.75, 3.05) is 0 Å². The van der Waals surface area contributed by atoms with Crippen LogP contribution >= 0.6 is 11.6 Å². The Morgan fingerprint density at radius 1 is 1.27 bits per heavy atom. The summed E-state index contributed by atoms with van der Waals surface area (Å²) in [6, 6.07) is 14.2. The molecule has 1 aliphatic heterocycles. The summed E-state index contributed by atoms with van der Waals surface area (Å²) in [5, 5.41) is 16.5. The summed E-state index contributed by atoms with van der Waals surface area (Å²) in [5.41, 5.74) is 2.27. The summed E-state index contributed by atoms with van der Waals surface area (Å²) in [4.78, 5) is 11.9. The minimum Gasteiger partial charge on any atom is -0.507 e. The number of amides is 1. The van der Waals surface area contributed by atoms with Crippen molar-refractivity contribution in [2.24, 2.45) is 5.10 Å². The van der Waals surface area contributed by atoms with Gasteiger partial charge in [-0.05, 0) is 29.8 Å². The van der Waals surface area contributed by atoms with Crippen LogP contribution in [0.25, 0.3) is 0 Å². The van der Waals surface area contributed by atoms with Gasteiger partial charge in [0.05, 0.1) is 11.8 Å². The second kappa shape index (κ2) is 5.81. The molecule has 1 unspecified atom stereocenters. The molecule has 0 aliphatic carbocycles. The summed E-state index contributed by atoms with van der Waals surface area (Å²) < 4.78 is 0. The number of phenols is 1. The van der Waals surface area contributed by atoms with Gasteiger partial charge < -0.3 is 5.11 Å². The molecule has 112 valence electrons. The van der Waals surface area contributed by atoms with Crippen molar-refractivity contribution in [2.45, 2.75) is 19.4 Å². The monoisotopic (exact) mass is 314 g/mol. The Morgan fingerprint density at radius 2 is 2.05 bits per heavy atom. The van der Waals surface area contributed by atoms with Crippen molar-refractivity contribution in [3.63, 3.8) is 0 Å². The standard InChI is InChI=1S/C17H15ClN2O2/c1-11(21)20-16(12-5-4-6-13(18)9-12)10-15(19-20)14-7-2-3-8-17(14)22/h2-9,16,22H,10H2,1H3. The minimum atomic E-state index is -0.203. The van der Waals surface area contributed by atoms with Crippen molar-refractivity contribution in [3.05, 3.63) is 64.7 Å². The molecule has 5 heteroatoms. The second-order valence-corrected chi connectivity index (χ2v) is 5.64. The summed E-state index contributed by atoms with van der Waals surface area (Å²) in [6.45, 7) is 1.48. The third-order valence-corrected chi connectivity index (χ3v) is 3.92. The molecular weight excluding hydrogens is 300 g/mol. The summed E-state index contributed by atoms with van der Waals surface area (Å²) in [5.74, 6) is 0.0203. The molecule has 1 atom stereocenters. The maximum Gasteiger partial charge on any atom is 0.240 e. The number of nitrogens with zero attached hydrogens (tertiary/aromatic N) is 2. The van der Waals surface area contributed by atoms with Gasteiger partial charge in [-0.3, -0.25) is 4.79 Å². The molecule has 22 heavy (non-hydrogen) atoms. The molecule has 0 saturated carbocycles. The van der Waals surface area contributed by atoms with E-state index in [0.717, 1.165) is 5.56 Å². The van der Waals surface area contributed by atoms with Crippen LogP contribution in [-0.4, -0.2) is 21.7 Å². The van der Waals surface area contributed by atoms with Crippen LogP contribution in [0.15, 0.2) is 53.6 Å². The zero-order valence-electron chi connectivity index (χ0n) is 12.0. The number of rotatable bonds is 2. The van der Waals surface area contributed by atoms with Crippen molar-refractivity contribution in [3.8, 4) is 5.75 Å². The highest BCUT2D eigenvalue weighted by Crippen LogP contribution is 2.35. The number of carbonyl (C=O) groups is 1. The third kappa shape index (κ3) is 2.70. The largest absolute Gasteiger partial charge is 0.507 e. The third-order valence-electron chi connectivity index (χ3n) is 3.68. The Balaban J connectivity index is 1.99. The smallest absolute Gasteiger partial charge is 0.240 e. The lowest BCUT2D eigenvalue weighted by atomic mass is 9.98. The van der Waals surface area contributed by atoms with E-state index in [1.54, 1.807) is 24.3 Å². The van der Waals surface area contributed by atoms with Crippen LogP contribution in [0.2, 0.25) is 5.02 Å². The lowest BCUT2D eigenvalue weighted by Gasteiger charge is -2.20. The molecule has 1 heterocycles. The van der Waals surface area contributed by atoms with E-state index in [-0.39, 0.29) is 17.7 Å². The molecule has 0 aromatic heterocycles. The highest BCUT2D eigenvalue weighted by atomic mass is 35.5. The first-order valence-electron chi connectivity index (χ1n) is 6.97. The Kier molecular flexibility index (Phi) is 3.86. The molecule has 0 saturated heterocycles. The predicted octanol–water partition coefficient (Wildman–Crippen LogP) is 3.74. The number of halogens is 1. The Labute approximate surface area is 133 Å². The van der Waals surface area contributed by atoms with Gasteiger partial charge in [-0.15, -0.1) is 0 Å². The van der Waals surface area contributed by atoms with Gasteiger partial charge in [-0.1, -0.05) is 35.9 Å². The molecule has 0 spiro atoms. The van der Waals surface area contributed by atoms with Gasteiger partial charge in [0.15, 0.2) is 0 Å². The molecule has 2 aromatic rings. The van der Waals surface area contributed by atoms with E-state index in [0.29, 0.717) is 22.7 Å². The summed E-state index contributed by atoms with van der Waals surface area (Å²) in [6.07, 6.45) is 0.539. The van der Waals surface area contributed by atoms with Gasteiger partial charge >= 0.3 is 0 Å². The van der Waals surface area contributed by atoms with Crippen molar-refractivity contribution in [1.82, 2.24) is 5.01 Å². The zero-order valence-corrected chi connectivity index (χ0v) is 12.8. The SMILES string of the molecule is CC(=O)N1N=C(c2ccccc2O)CC1c1cccc(Cl)c1. The minimum absolute atomic E-state index is 0.143. The summed E-state index contributed by atoms with van der Waals surface area (Å²) >= 11 is 6.05. The Hall–Kier alpha value is -2.33. The quantitative estimate of drug-likeness (QED) is 0.918. The number of hydrogen-bond donors (Lipinski definition) is 1. The molecule has 2 aromatic carbocycles. The van der Waals surface area contributed by atoms with Crippen molar-refractivity contribution in [1.29, 1.82) is 0 Å². The molecule has 1 aliphatic rings.